The van der Waals surface area contributed by atoms with Gasteiger partial charge in [0.05, 0.1) is 18.0 Å². The minimum Gasteiger partial charge on any atom is -0.465 e. The maximum Gasteiger partial charge on any atom is 0.416 e. The van der Waals surface area contributed by atoms with Crippen molar-refractivity contribution < 1.29 is 32.7 Å². The number of nitrogens with zero attached hydrogens (tertiary/aromatic N) is 2. The number of hydrogen-bond donors (Lipinski definition) is 1. The molecule has 2 bridgehead atoms. The third-order valence-electron chi connectivity index (χ3n) is 5.06. The summed E-state index contributed by atoms with van der Waals surface area (Å²) in [6, 6.07) is 12.3. The minimum absolute atomic E-state index is 0.000412. The Morgan fingerprint density at radius 1 is 1.03 bits per heavy atom. The first-order valence-corrected chi connectivity index (χ1v) is 9.15. The lowest BCUT2D eigenvalue weighted by Crippen LogP contribution is -2.63. The van der Waals surface area contributed by atoms with Crippen molar-refractivity contribution in [2.45, 2.75) is 30.9 Å². The van der Waals surface area contributed by atoms with E-state index in [2.05, 4.69) is 0 Å². The third kappa shape index (κ3) is 3.63. The SMILES string of the molecule is O=C(Cc1ccccc1)N1OC2C=CC1N(C(=O)O)C2c1cccc(C(F)(F)F)c1. The fraction of sp³-hybridized carbons (Fsp3) is 0.238. The first kappa shape index (κ1) is 20.0. The van der Waals surface area contributed by atoms with Crippen LogP contribution in [-0.2, 0) is 22.2 Å². The van der Waals surface area contributed by atoms with Gasteiger partial charge in [-0.2, -0.15) is 18.2 Å². The molecular weight excluding hydrogens is 401 g/mol. The van der Waals surface area contributed by atoms with E-state index in [1.165, 1.54) is 18.2 Å². The van der Waals surface area contributed by atoms with E-state index in [1.807, 2.05) is 6.07 Å². The zero-order valence-electron chi connectivity index (χ0n) is 15.5. The van der Waals surface area contributed by atoms with Crippen molar-refractivity contribution >= 4 is 12.0 Å². The summed E-state index contributed by atoms with van der Waals surface area (Å²) < 4.78 is 39.4. The van der Waals surface area contributed by atoms with E-state index in [-0.39, 0.29) is 12.0 Å². The Morgan fingerprint density at radius 2 is 1.77 bits per heavy atom. The molecule has 0 radical (unpaired) electrons. The average molecular weight is 418 g/mol. The molecule has 30 heavy (non-hydrogen) atoms. The van der Waals surface area contributed by atoms with Crippen molar-refractivity contribution in [1.29, 1.82) is 0 Å². The maximum absolute atomic E-state index is 13.1. The molecule has 3 atom stereocenters. The molecule has 0 saturated carbocycles. The summed E-state index contributed by atoms with van der Waals surface area (Å²) in [5, 5.41) is 10.8. The number of halogens is 3. The molecule has 1 N–H and O–H groups in total. The number of amides is 2. The van der Waals surface area contributed by atoms with Crippen LogP contribution in [0.15, 0.2) is 66.7 Å². The van der Waals surface area contributed by atoms with E-state index in [0.29, 0.717) is 0 Å². The largest absolute Gasteiger partial charge is 0.465 e. The Hall–Kier alpha value is -3.33. The van der Waals surface area contributed by atoms with Crippen LogP contribution >= 0.6 is 0 Å². The summed E-state index contributed by atoms with van der Waals surface area (Å²) in [4.78, 5) is 31.4. The van der Waals surface area contributed by atoms with Crippen molar-refractivity contribution in [3.05, 3.63) is 83.4 Å². The molecule has 2 aromatic carbocycles. The number of rotatable bonds is 3. The molecule has 3 aliphatic heterocycles. The van der Waals surface area contributed by atoms with Gasteiger partial charge in [-0.1, -0.05) is 48.5 Å². The van der Waals surface area contributed by atoms with Gasteiger partial charge in [-0.3, -0.25) is 14.5 Å². The zero-order chi connectivity index (χ0) is 21.5. The maximum atomic E-state index is 13.1. The highest BCUT2D eigenvalue weighted by Gasteiger charge is 2.49. The summed E-state index contributed by atoms with van der Waals surface area (Å²) in [5.41, 5.74) is -0.0117. The standard InChI is InChI=1S/C21H17F3N2O4/c22-21(23,24)15-8-4-7-14(12-15)19-16-9-10-17(25(19)20(28)29)26(30-16)18(27)11-13-5-2-1-3-6-13/h1-10,12,16-17,19H,11H2,(H,28,29). The Bertz CT molecular complexity index is 993. The summed E-state index contributed by atoms with van der Waals surface area (Å²) in [5.74, 6) is -0.450. The van der Waals surface area contributed by atoms with E-state index in [0.717, 1.165) is 27.7 Å². The van der Waals surface area contributed by atoms with Crippen LogP contribution in [0, 0.1) is 0 Å². The summed E-state index contributed by atoms with van der Waals surface area (Å²) in [7, 11) is 0. The van der Waals surface area contributed by atoms with Crippen LogP contribution < -0.4 is 0 Å². The summed E-state index contributed by atoms with van der Waals surface area (Å²) in [6.07, 6.45) is -4.86. The minimum atomic E-state index is -4.56. The average Bonchev–Trinajstić information content (AvgIpc) is 2.73. The molecule has 0 aromatic heterocycles. The second kappa shape index (κ2) is 7.49. The molecular formula is C21H17F3N2O4. The van der Waals surface area contributed by atoms with Gasteiger partial charge in [-0.25, -0.2) is 4.79 Å². The van der Waals surface area contributed by atoms with Crippen LogP contribution in [0.25, 0.3) is 0 Å². The van der Waals surface area contributed by atoms with E-state index in [1.54, 1.807) is 30.3 Å². The smallest absolute Gasteiger partial charge is 0.416 e. The first-order chi connectivity index (χ1) is 14.3. The lowest BCUT2D eigenvalue weighted by molar-refractivity contribution is -0.271. The number of fused-ring (bicyclic) bond motifs is 2. The van der Waals surface area contributed by atoms with Gasteiger partial charge in [0, 0.05) is 0 Å². The molecule has 2 aromatic rings. The number of hydrogen-bond acceptors (Lipinski definition) is 3. The van der Waals surface area contributed by atoms with Crippen molar-refractivity contribution in [2.75, 3.05) is 0 Å². The molecule has 5 rings (SSSR count). The fourth-order valence-corrected chi connectivity index (χ4v) is 3.74. The lowest BCUT2D eigenvalue weighted by atomic mass is 9.93. The number of hydroxylamine groups is 2. The third-order valence-corrected chi connectivity index (χ3v) is 5.06. The molecule has 9 heteroatoms. The topological polar surface area (TPSA) is 70.1 Å². The Labute approximate surface area is 169 Å². The molecule has 0 spiro atoms. The highest BCUT2D eigenvalue weighted by atomic mass is 19.4. The van der Waals surface area contributed by atoms with Crippen LogP contribution in [-0.4, -0.2) is 39.3 Å². The van der Waals surface area contributed by atoms with Gasteiger partial charge in [-0.05, 0) is 29.3 Å². The number of alkyl halides is 3. The molecule has 1 saturated heterocycles. The molecule has 1 fully saturated rings. The van der Waals surface area contributed by atoms with Gasteiger partial charge < -0.3 is 5.11 Å². The normalized spacial score (nSPS) is 23.0. The molecule has 3 unspecified atom stereocenters. The van der Waals surface area contributed by atoms with Gasteiger partial charge in [0.2, 0.25) is 0 Å². The monoisotopic (exact) mass is 418 g/mol. The number of carbonyl (C=O) groups is 2. The van der Waals surface area contributed by atoms with E-state index in [4.69, 9.17) is 4.84 Å². The highest BCUT2D eigenvalue weighted by Crippen LogP contribution is 2.41. The van der Waals surface area contributed by atoms with Crippen molar-refractivity contribution in [3.63, 3.8) is 0 Å². The quantitative estimate of drug-likeness (QED) is 0.765. The second-order valence-corrected chi connectivity index (χ2v) is 7.01. The molecule has 6 nitrogen and oxygen atoms in total. The first-order valence-electron chi connectivity index (χ1n) is 9.15. The van der Waals surface area contributed by atoms with Crippen LogP contribution in [0.5, 0.6) is 0 Å². The van der Waals surface area contributed by atoms with Crippen LogP contribution in [0.3, 0.4) is 0 Å². The lowest BCUT2D eigenvalue weighted by Gasteiger charge is -2.51. The van der Waals surface area contributed by atoms with Gasteiger partial charge in [0.15, 0.2) is 6.17 Å². The van der Waals surface area contributed by atoms with Crippen LogP contribution in [0.4, 0.5) is 18.0 Å². The van der Waals surface area contributed by atoms with E-state index >= 15 is 0 Å². The summed E-state index contributed by atoms with van der Waals surface area (Å²) >= 11 is 0. The van der Waals surface area contributed by atoms with Gasteiger partial charge in [0.25, 0.3) is 5.91 Å². The molecule has 3 aliphatic rings. The number of carbonyl (C=O) groups excluding carboxylic acids is 1. The molecule has 0 aliphatic carbocycles. The summed E-state index contributed by atoms with van der Waals surface area (Å²) in [6.45, 7) is 0. The molecule has 2 amide bonds. The van der Waals surface area contributed by atoms with Gasteiger partial charge >= 0.3 is 12.3 Å². The second-order valence-electron chi connectivity index (χ2n) is 7.01. The van der Waals surface area contributed by atoms with E-state index in [9.17, 15) is 27.9 Å². The fourth-order valence-electron chi connectivity index (χ4n) is 3.74. The van der Waals surface area contributed by atoms with Crippen LogP contribution in [0.2, 0.25) is 0 Å². The Morgan fingerprint density at radius 3 is 2.43 bits per heavy atom. The van der Waals surface area contributed by atoms with Gasteiger partial charge in [-0.15, -0.1) is 0 Å². The van der Waals surface area contributed by atoms with Gasteiger partial charge in [0.1, 0.15) is 6.10 Å². The Balaban J connectivity index is 1.64. The van der Waals surface area contributed by atoms with Crippen LogP contribution in [0.1, 0.15) is 22.7 Å². The highest BCUT2D eigenvalue weighted by molar-refractivity contribution is 5.79. The van der Waals surface area contributed by atoms with Crippen molar-refractivity contribution in [3.8, 4) is 0 Å². The number of benzene rings is 2. The van der Waals surface area contributed by atoms with Crippen molar-refractivity contribution in [2.24, 2.45) is 0 Å². The number of carboxylic acid groups (broad SMARTS) is 1. The molecule has 3 heterocycles. The zero-order valence-corrected chi connectivity index (χ0v) is 15.5. The predicted octanol–water partition coefficient (Wildman–Crippen LogP) is 4.01. The van der Waals surface area contributed by atoms with Crippen molar-refractivity contribution in [1.82, 2.24) is 9.96 Å². The van der Waals surface area contributed by atoms with E-state index < -0.39 is 42.1 Å². The predicted molar refractivity (Wildman–Crippen MR) is 98.8 cm³/mol. The Kier molecular flexibility index (Phi) is 4.98. The molecule has 156 valence electrons.